The Hall–Kier alpha value is -1.35. The van der Waals surface area contributed by atoms with Gasteiger partial charge in [0.1, 0.15) is 5.75 Å². The third-order valence-corrected chi connectivity index (χ3v) is 2.32. The highest BCUT2D eigenvalue weighted by Gasteiger charge is 2.17. The zero-order chi connectivity index (χ0) is 12.1. The van der Waals surface area contributed by atoms with Gasteiger partial charge in [0.25, 0.3) is 0 Å². The molecule has 0 amide bonds. The molecule has 0 fully saturated rings. The molecule has 88 valence electrons. The van der Waals surface area contributed by atoms with Crippen LogP contribution in [0.5, 0.6) is 5.75 Å². The van der Waals surface area contributed by atoms with Gasteiger partial charge >= 0.3 is 0 Å². The van der Waals surface area contributed by atoms with Gasteiger partial charge in [0, 0.05) is 12.5 Å². The number of carbonyl (C=O) groups excluding carboxylic acids is 1. The molecule has 3 heteroatoms. The molecule has 0 aliphatic rings. The smallest absolute Gasteiger partial charge is 0.170 e. The maximum atomic E-state index is 12.0. The van der Waals surface area contributed by atoms with E-state index in [4.69, 9.17) is 10.5 Å². The van der Waals surface area contributed by atoms with Crippen molar-refractivity contribution in [1.82, 2.24) is 0 Å². The van der Waals surface area contributed by atoms with E-state index in [1.165, 1.54) is 0 Å². The van der Waals surface area contributed by atoms with E-state index in [0.29, 0.717) is 17.9 Å². The minimum absolute atomic E-state index is 0.0405. The number of nitrogens with two attached hydrogens (primary N) is 1. The molecule has 1 rings (SSSR count). The van der Waals surface area contributed by atoms with E-state index in [2.05, 4.69) is 0 Å². The molecule has 0 bridgehead atoms. The third-order valence-electron chi connectivity index (χ3n) is 2.32. The summed E-state index contributed by atoms with van der Waals surface area (Å²) in [4.78, 5) is 12.0. The molecule has 0 aliphatic carbocycles. The monoisotopic (exact) mass is 221 g/mol. The van der Waals surface area contributed by atoms with E-state index in [1.807, 2.05) is 39.0 Å². The molecule has 0 saturated heterocycles. The molecule has 0 saturated carbocycles. The average Bonchev–Trinajstić information content (AvgIpc) is 2.27. The zero-order valence-corrected chi connectivity index (χ0v) is 10.1. The number of hydrogen-bond donors (Lipinski definition) is 1. The van der Waals surface area contributed by atoms with Gasteiger partial charge in [-0.1, -0.05) is 19.1 Å². The van der Waals surface area contributed by atoms with E-state index in [1.54, 1.807) is 6.07 Å². The highest BCUT2D eigenvalue weighted by atomic mass is 16.5. The van der Waals surface area contributed by atoms with Crippen molar-refractivity contribution in [1.29, 1.82) is 0 Å². The third kappa shape index (κ3) is 3.07. The Kier molecular flexibility index (Phi) is 4.50. The first-order chi connectivity index (χ1) is 7.56. The first-order valence-electron chi connectivity index (χ1n) is 5.56. The van der Waals surface area contributed by atoms with Gasteiger partial charge in [-0.15, -0.1) is 0 Å². The minimum atomic E-state index is -0.170. The van der Waals surface area contributed by atoms with Crippen LogP contribution in [0, 0.1) is 5.92 Å². The molecule has 0 aliphatic heterocycles. The van der Waals surface area contributed by atoms with Crippen LogP contribution in [0.15, 0.2) is 24.3 Å². The van der Waals surface area contributed by atoms with Crippen molar-refractivity contribution in [3.63, 3.8) is 0 Å². The van der Waals surface area contributed by atoms with Crippen molar-refractivity contribution in [2.75, 3.05) is 6.54 Å². The quantitative estimate of drug-likeness (QED) is 0.776. The standard InChI is InChI=1S/C13H19NO2/c1-9(2)16-12-7-5-4-6-11(12)13(15)10(3)8-14/h4-7,9-10H,8,14H2,1-3H3. The number of rotatable bonds is 5. The van der Waals surface area contributed by atoms with Gasteiger partial charge in [-0.25, -0.2) is 0 Å². The summed E-state index contributed by atoms with van der Waals surface area (Å²) in [6.07, 6.45) is 0.0575. The van der Waals surface area contributed by atoms with Gasteiger partial charge < -0.3 is 10.5 Å². The van der Waals surface area contributed by atoms with Crippen LogP contribution < -0.4 is 10.5 Å². The largest absolute Gasteiger partial charge is 0.490 e. The second kappa shape index (κ2) is 5.66. The lowest BCUT2D eigenvalue weighted by molar-refractivity contribution is 0.0928. The first kappa shape index (κ1) is 12.7. The van der Waals surface area contributed by atoms with Crippen LogP contribution in [-0.4, -0.2) is 18.4 Å². The molecule has 1 unspecified atom stereocenters. The number of hydrogen-bond acceptors (Lipinski definition) is 3. The molecular formula is C13H19NO2. The van der Waals surface area contributed by atoms with Crippen LogP contribution in [0.1, 0.15) is 31.1 Å². The van der Waals surface area contributed by atoms with E-state index >= 15 is 0 Å². The van der Waals surface area contributed by atoms with Gasteiger partial charge in [-0.3, -0.25) is 4.79 Å². The molecule has 16 heavy (non-hydrogen) atoms. The molecule has 0 radical (unpaired) electrons. The van der Waals surface area contributed by atoms with E-state index in [9.17, 15) is 4.79 Å². The predicted molar refractivity (Wildman–Crippen MR) is 64.8 cm³/mol. The van der Waals surface area contributed by atoms with Gasteiger partial charge in [0.05, 0.1) is 11.7 Å². The highest BCUT2D eigenvalue weighted by molar-refractivity contribution is 6.00. The fourth-order valence-electron chi connectivity index (χ4n) is 1.40. The number of Topliss-reactive ketones (excluding diaryl/α,β-unsaturated/α-hetero) is 1. The van der Waals surface area contributed by atoms with Crippen molar-refractivity contribution in [3.8, 4) is 5.75 Å². The van der Waals surface area contributed by atoms with Crippen LogP contribution in [0.2, 0.25) is 0 Å². The van der Waals surface area contributed by atoms with Crippen LogP contribution >= 0.6 is 0 Å². The molecule has 1 aromatic carbocycles. The number of ketones is 1. The SMILES string of the molecule is CC(C)Oc1ccccc1C(=O)C(C)CN. The molecule has 0 aromatic heterocycles. The summed E-state index contributed by atoms with van der Waals surface area (Å²) in [5, 5.41) is 0. The second-order valence-electron chi connectivity index (χ2n) is 4.16. The second-order valence-corrected chi connectivity index (χ2v) is 4.16. The molecule has 1 aromatic rings. The maximum absolute atomic E-state index is 12.0. The summed E-state index contributed by atoms with van der Waals surface area (Å²) >= 11 is 0. The van der Waals surface area contributed by atoms with E-state index in [0.717, 1.165) is 0 Å². The number of carbonyl (C=O) groups is 1. The Morgan fingerprint density at radius 1 is 1.31 bits per heavy atom. The van der Waals surface area contributed by atoms with E-state index in [-0.39, 0.29) is 17.8 Å². The fraction of sp³-hybridized carbons (Fsp3) is 0.462. The Labute approximate surface area is 96.6 Å². The summed E-state index contributed by atoms with van der Waals surface area (Å²) in [5.41, 5.74) is 6.12. The molecule has 0 heterocycles. The Balaban J connectivity index is 2.98. The van der Waals surface area contributed by atoms with Crippen molar-refractivity contribution in [2.24, 2.45) is 11.7 Å². The Morgan fingerprint density at radius 2 is 1.94 bits per heavy atom. The fourth-order valence-corrected chi connectivity index (χ4v) is 1.40. The van der Waals surface area contributed by atoms with E-state index < -0.39 is 0 Å². The average molecular weight is 221 g/mol. The van der Waals surface area contributed by atoms with Crippen LogP contribution in [0.3, 0.4) is 0 Å². The lowest BCUT2D eigenvalue weighted by Crippen LogP contribution is -2.21. The van der Waals surface area contributed by atoms with Gasteiger partial charge in [-0.05, 0) is 26.0 Å². The van der Waals surface area contributed by atoms with Gasteiger partial charge in [0.15, 0.2) is 5.78 Å². The van der Waals surface area contributed by atoms with Crippen LogP contribution in [0.4, 0.5) is 0 Å². The summed E-state index contributed by atoms with van der Waals surface area (Å²) < 4.78 is 5.60. The lowest BCUT2D eigenvalue weighted by Gasteiger charge is -2.15. The molecule has 3 nitrogen and oxygen atoms in total. The van der Waals surface area contributed by atoms with Crippen LogP contribution in [-0.2, 0) is 0 Å². The van der Waals surface area contributed by atoms with Gasteiger partial charge in [0.2, 0.25) is 0 Å². The number of para-hydroxylation sites is 1. The van der Waals surface area contributed by atoms with Crippen molar-refractivity contribution < 1.29 is 9.53 Å². The highest BCUT2D eigenvalue weighted by Crippen LogP contribution is 2.22. The number of ether oxygens (including phenoxy) is 1. The first-order valence-corrected chi connectivity index (χ1v) is 5.56. The normalized spacial score (nSPS) is 12.6. The summed E-state index contributed by atoms with van der Waals surface area (Å²) in [5.74, 6) is 0.512. The molecule has 0 spiro atoms. The molecular weight excluding hydrogens is 202 g/mol. The van der Waals surface area contributed by atoms with Crippen molar-refractivity contribution >= 4 is 5.78 Å². The zero-order valence-electron chi connectivity index (χ0n) is 10.1. The predicted octanol–water partition coefficient (Wildman–Crippen LogP) is 2.25. The van der Waals surface area contributed by atoms with Crippen molar-refractivity contribution in [2.45, 2.75) is 26.9 Å². The Bertz CT molecular complexity index is 361. The lowest BCUT2D eigenvalue weighted by atomic mass is 9.99. The summed E-state index contributed by atoms with van der Waals surface area (Å²) in [6.45, 7) is 6.06. The topological polar surface area (TPSA) is 52.3 Å². The molecule has 2 N–H and O–H groups in total. The van der Waals surface area contributed by atoms with Crippen molar-refractivity contribution in [3.05, 3.63) is 29.8 Å². The van der Waals surface area contributed by atoms with Gasteiger partial charge in [-0.2, -0.15) is 0 Å². The Morgan fingerprint density at radius 3 is 2.50 bits per heavy atom. The van der Waals surface area contributed by atoms with Crippen LogP contribution in [0.25, 0.3) is 0 Å². The summed E-state index contributed by atoms with van der Waals surface area (Å²) in [6, 6.07) is 7.30. The maximum Gasteiger partial charge on any atom is 0.170 e. The summed E-state index contributed by atoms with van der Waals surface area (Å²) in [7, 11) is 0. The molecule has 1 atom stereocenters. The number of benzene rings is 1. The minimum Gasteiger partial charge on any atom is -0.490 e.